The van der Waals surface area contributed by atoms with Crippen molar-refractivity contribution >= 4 is 21.8 Å². The summed E-state index contributed by atoms with van der Waals surface area (Å²) >= 11 is 3.43. The second kappa shape index (κ2) is 6.90. The van der Waals surface area contributed by atoms with Crippen LogP contribution >= 0.6 is 15.9 Å². The summed E-state index contributed by atoms with van der Waals surface area (Å²) in [6.07, 6.45) is 2.93. The van der Waals surface area contributed by atoms with Crippen LogP contribution in [-0.4, -0.2) is 44.7 Å². The van der Waals surface area contributed by atoms with Gasteiger partial charge in [0, 0.05) is 24.7 Å². The van der Waals surface area contributed by atoms with Gasteiger partial charge >= 0.3 is 0 Å². The second-order valence-electron chi connectivity index (χ2n) is 4.64. The van der Waals surface area contributed by atoms with Gasteiger partial charge < -0.3 is 14.4 Å². The summed E-state index contributed by atoms with van der Waals surface area (Å²) < 4.78 is 11.1. The van der Waals surface area contributed by atoms with Gasteiger partial charge in [0.05, 0.1) is 19.3 Å². The first-order valence-corrected chi connectivity index (χ1v) is 7.24. The van der Waals surface area contributed by atoms with Gasteiger partial charge in [0.25, 0.3) is 5.91 Å². The third kappa shape index (κ3) is 3.41. The van der Waals surface area contributed by atoms with Crippen molar-refractivity contribution in [3.05, 3.63) is 39.9 Å². The summed E-state index contributed by atoms with van der Waals surface area (Å²) in [5, 5.41) is 0. The highest BCUT2D eigenvalue weighted by molar-refractivity contribution is 9.10. The number of amides is 1. The lowest BCUT2D eigenvalue weighted by Crippen LogP contribution is -2.35. The zero-order chi connectivity index (χ0) is 14.5. The molecule has 1 amide bonds. The van der Waals surface area contributed by atoms with Gasteiger partial charge in [-0.1, -0.05) is 6.08 Å². The summed E-state index contributed by atoms with van der Waals surface area (Å²) in [4.78, 5) is 14.4. The number of benzene rings is 1. The minimum Gasteiger partial charge on any atom is -0.497 e. The van der Waals surface area contributed by atoms with Crippen molar-refractivity contribution < 1.29 is 14.3 Å². The van der Waals surface area contributed by atoms with E-state index in [1.54, 1.807) is 20.3 Å². The Morgan fingerprint density at radius 3 is 2.80 bits per heavy atom. The average Bonchev–Trinajstić information content (AvgIpc) is 2.48. The van der Waals surface area contributed by atoms with Crippen molar-refractivity contribution in [1.82, 2.24) is 4.90 Å². The summed E-state index contributed by atoms with van der Waals surface area (Å²) in [7, 11) is 3.28. The highest BCUT2D eigenvalue weighted by atomic mass is 79.9. The van der Waals surface area contributed by atoms with Crippen molar-refractivity contribution in [1.29, 1.82) is 0 Å². The molecule has 4 nitrogen and oxygen atoms in total. The molecule has 0 fully saturated rings. The maximum atomic E-state index is 12.5. The Morgan fingerprint density at radius 2 is 2.20 bits per heavy atom. The number of rotatable bonds is 4. The summed E-state index contributed by atoms with van der Waals surface area (Å²) in [5.41, 5.74) is 1.88. The first-order valence-electron chi connectivity index (χ1n) is 6.45. The monoisotopic (exact) mass is 339 g/mol. The van der Waals surface area contributed by atoms with Crippen LogP contribution in [0.3, 0.4) is 0 Å². The van der Waals surface area contributed by atoms with E-state index in [-0.39, 0.29) is 5.91 Å². The van der Waals surface area contributed by atoms with Gasteiger partial charge in [-0.2, -0.15) is 0 Å². The van der Waals surface area contributed by atoms with Gasteiger partial charge in [0.2, 0.25) is 0 Å². The molecule has 1 aliphatic rings. The maximum Gasteiger partial charge on any atom is 0.255 e. The SMILES string of the molecule is COCC1=CCN(C(=O)c2cc(OC)ccc2Br)CC1. The predicted molar refractivity (Wildman–Crippen MR) is 81.2 cm³/mol. The van der Waals surface area contributed by atoms with Crippen molar-refractivity contribution in [2.75, 3.05) is 33.9 Å². The Kier molecular flexibility index (Phi) is 5.20. The molecule has 1 aromatic carbocycles. The van der Waals surface area contributed by atoms with Crippen molar-refractivity contribution in [3.63, 3.8) is 0 Å². The molecule has 1 aromatic rings. The molecule has 0 saturated carbocycles. The molecule has 1 heterocycles. The van der Waals surface area contributed by atoms with Gasteiger partial charge in [-0.3, -0.25) is 4.79 Å². The molecule has 108 valence electrons. The summed E-state index contributed by atoms with van der Waals surface area (Å²) in [6.45, 7) is 1.99. The number of carbonyl (C=O) groups is 1. The molecule has 0 atom stereocenters. The van der Waals surface area contributed by atoms with Crippen LogP contribution in [0, 0.1) is 0 Å². The van der Waals surface area contributed by atoms with E-state index in [1.807, 2.05) is 17.0 Å². The Bertz CT molecular complexity index is 528. The predicted octanol–water partition coefficient (Wildman–Crippen LogP) is 2.88. The van der Waals surface area contributed by atoms with Crippen LogP contribution in [0.15, 0.2) is 34.3 Å². The highest BCUT2D eigenvalue weighted by Crippen LogP contribution is 2.25. The lowest BCUT2D eigenvalue weighted by Gasteiger charge is -2.27. The fraction of sp³-hybridized carbons (Fsp3) is 0.400. The second-order valence-corrected chi connectivity index (χ2v) is 5.50. The molecule has 20 heavy (non-hydrogen) atoms. The molecule has 0 bridgehead atoms. The first-order chi connectivity index (χ1) is 9.65. The number of methoxy groups -OCH3 is 2. The largest absolute Gasteiger partial charge is 0.497 e. The van der Waals surface area contributed by atoms with E-state index in [9.17, 15) is 4.79 Å². The number of hydrogen-bond acceptors (Lipinski definition) is 3. The van der Waals surface area contributed by atoms with Gasteiger partial charge in [0.15, 0.2) is 0 Å². The van der Waals surface area contributed by atoms with E-state index in [1.165, 1.54) is 5.57 Å². The summed E-state index contributed by atoms with van der Waals surface area (Å²) in [5.74, 6) is 0.702. The van der Waals surface area contributed by atoms with Crippen LogP contribution in [0.1, 0.15) is 16.8 Å². The smallest absolute Gasteiger partial charge is 0.255 e. The van der Waals surface area contributed by atoms with Crippen molar-refractivity contribution in [3.8, 4) is 5.75 Å². The quantitative estimate of drug-likeness (QED) is 0.791. The number of nitrogens with zero attached hydrogens (tertiary/aromatic N) is 1. The third-order valence-electron chi connectivity index (χ3n) is 3.32. The first kappa shape index (κ1) is 15.1. The minimum absolute atomic E-state index is 0.0171. The fourth-order valence-corrected chi connectivity index (χ4v) is 2.59. The number of hydrogen-bond donors (Lipinski definition) is 0. The molecular formula is C15H18BrNO3. The van der Waals surface area contributed by atoms with E-state index in [0.29, 0.717) is 24.5 Å². The van der Waals surface area contributed by atoms with E-state index in [2.05, 4.69) is 22.0 Å². The zero-order valence-corrected chi connectivity index (χ0v) is 13.3. The number of ether oxygens (including phenoxy) is 2. The Labute approximate surface area is 127 Å². The standard InChI is InChI=1S/C15H18BrNO3/c1-19-10-11-5-7-17(8-6-11)15(18)13-9-12(20-2)3-4-14(13)16/h3-5,9H,6-8,10H2,1-2H3. The molecule has 0 aromatic heterocycles. The molecule has 0 aliphatic carbocycles. The highest BCUT2D eigenvalue weighted by Gasteiger charge is 2.21. The van der Waals surface area contributed by atoms with Crippen LogP contribution in [-0.2, 0) is 4.74 Å². The van der Waals surface area contributed by atoms with Gasteiger partial charge in [0.1, 0.15) is 5.75 Å². The molecule has 1 aliphatic heterocycles. The molecular weight excluding hydrogens is 322 g/mol. The van der Waals surface area contributed by atoms with Gasteiger partial charge in [-0.25, -0.2) is 0 Å². The molecule has 2 rings (SSSR count). The van der Waals surface area contributed by atoms with Crippen LogP contribution < -0.4 is 4.74 Å². The topological polar surface area (TPSA) is 38.8 Å². The number of carbonyl (C=O) groups excluding carboxylic acids is 1. The van der Waals surface area contributed by atoms with Gasteiger partial charge in [-0.05, 0) is 46.1 Å². The van der Waals surface area contributed by atoms with E-state index in [4.69, 9.17) is 9.47 Å². The van der Waals surface area contributed by atoms with Crippen LogP contribution in [0.25, 0.3) is 0 Å². The van der Waals surface area contributed by atoms with Crippen LogP contribution in [0.5, 0.6) is 5.75 Å². The molecule has 0 unspecified atom stereocenters. The van der Waals surface area contributed by atoms with Crippen LogP contribution in [0.2, 0.25) is 0 Å². The lowest BCUT2D eigenvalue weighted by molar-refractivity contribution is 0.0763. The zero-order valence-electron chi connectivity index (χ0n) is 11.7. The van der Waals surface area contributed by atoms with E-state index < -0.39 is 0 Å². The van der Waals surface area contributed by atoms with Crippen molar-refractivity contribution in [2.45, 2.75) is 6.42 Å². The average molecular weight is 340 g/mol. The van der Waals surface area contributed by atoms with Gasteiger partial charge in [-0.15, -0.1) is 0 Å². The Hall–Kier alpha value is -1.33. The molecule has 0 spiro atoms. The lowest BCUT2D eigenvalue weighted by atomic mass is 10.1. The molecule has 0 N–H and O–H groups in total. The van der Waals surface area contributed by atoms with E-state index >= 15 is 0 Å². The Morgan fingerprint density at radius 1 is 1.40 bits per heavy atom. The maximum absolute atomic E-state index is 12.5. The normalized spacial score (nSPS) is 14.9. The minimum atomic E-state index is 0.0171. The Balaban J connectivity index is 2.13. The van der Waals surface area contributed by atoms with E-state index in [0.717, 1.165) is 17.4 Å². The van der Waals surface area contributed by atoms with Crippen molar-refractivity contribution in [2.24, 2.45) is 0 Å². The fourth-order valence-electron chi connectivity index (χ4n) is 2.18. The number of halogens is 1. The molecule has 0 saturated heterocycles. The summed E-state index contributed by atoms with van der Waals surface area (Å²) in [6, 6.07) is 5.43. The molecule has 0 radical (unpaired) electrons. The van der Waals surface area contributed by atoms with Crippen LogP contribution in [0.4, 0.5) is 0 Å². The molecule has 5 heteroatoms. The third-order valence-corrected chi connectivity index (χ3v) is 4.02.